The Morgan fingerprint density at radius 2 is 1.91 bits per heavy atom. The minimum Gasteiger partial charge on any atom is -0.421 e. The molecule has 10 heteroatoms. The van der Waals surface area contributed by atoms with Crippen molar-refractivity contribution in [3.63, 3.8) is 0 Å². The molecule has 0 aliphatic carbocycles. The summed E-state index contributed by atoms with van der Waals surface area (Å²) in [4.78, 5) is 22.4. The lowest BCUT2D eigenvalue weighted by atomic mass is 9.94. The molecule has 9 nitrogen and oxygen atoms in total. The Kier molecular flexibility index (Phi) is 6.02. The van der Waals surface area contributed by atoms with E-state index in [-0.39, 0.29) is 23.3 Å². The van der Waals surface area contributed by atoms with Gasteiger partial charge in [-0.15, -0.1) is 5.48 Å². The van der Waals surface area contributed by atoms with Crippen LogP contribution in [0.2, 0.25) is 0 Å². The van der Waals surface area contributed by atoms with Crippen molar-refractivity contribution in [1.82, 2.24) is 25.3 Å². The number of ether oxygens (including phenoxy) is 1. The summed E-state index contributed by atoms with van der Waals surface area (Å²) in [5.74, 6) is 1.75. The molecule has 3 N–H and O–H groups in total. The van der Waals surface area contributed by atoms with E-state index in [4.69, 9.17) is 9.57 Å². The lowest BCUT2D eigenvalue weighted by Gasteiger charge is -2.33. The number of hydrogen-bond acceptors (Lipinski definition) is 8. The first-order valence-corrected chi connectivity index (χ1v) is 11.9. The fourth-order valence-electron chi connectivity index (χ4n) is 4.18. The zero-order valence-electron chi connectivity index (χ0n) is 20.8. The molecule has 2 aliphatic heterocycles. The topological polar surface area (TPSA) is 90.6 Å². The average molecular weight is 482 g/mol. The van der Waals surface area contributed by atoms with Gasteiger partial charge in [-0.3, -0.25) is 0 Å². The second kappa shape index (κ2) is 9.01. The van der Waals surface area contributed by atoms with Crippen LogP contribution in [0, 0.1) is 18.2 Å². The quantitative estimate of drug-likeness (QED) is 0.501. The Morgan fingerprint density at radius 1 is 1.14 bits per heavy atom. The molecule has 1 unspecified atom stereocenters. The third-order valence-corrected chi connectivity index (χ3v) is 6.21. The summed E-state index contributed by atoms with van der Waals surface area (Å²) in [7, 11) is 2.10. The minimum absolute atomic E-state index is 0.0772. The summed E-state index contributed by atoms with van der Waals surface area (Å²) in [6.45, 7) is 11.7. The van der Waals surface area contributed by atoms with E-state index >= 15 is 4.39 Å². The first-order chi connectivity index (χ1) is 16.7. The van der Waals surface area contributed by atoms with E-state index in [0.29, 0.717) is 11.2 Å². The Balaban J connectivity index is 1.45. The number of rotatable bonds is 5. The van der Waals surface area contributed by atoms with Crippen molar-refractivity contribution in [1.29, 1.82) is 0 Å². The van der Waals surface area contributed by atoms with Crippen LogP contribution in [-0.2, 0) is 4.84 Å². The number of aryl methyl sites for hydroxylation is 1. The number of aromatic nitrogens is 3. The number of anilines is 2. The lowest BCUT2D eigenvalue weighted by Crippen LogP contribution is -2.44. The fraction of sp³-hybridized carbons (Fsp3) is 0.440. The number of hydrogen-bond donors (Lipinski definition) is 3. The van der Waals surface area contributed by atoms with E-state index in [1.165, 1.54) is 0 Å². The largest absolute Gasteiger partial charge is 0.421 e. The zero-order chi connectivity index (χ0) is 24.7. The zero-order valence-corrected chi connectivity index (χ0v) is 20.8. The predicted molar refractivity (Wildman–Crippen MR) is 134 cm³/mol. The van der Waals surface area contributed by atoms with Gasteiger partial charge in [0.05, 0.1) is 0 Å². The number of nitrogens with one attached hydrogen (secondary N) is 3. The number of H-pyrrole nitrogens is 1. The van der Waals surface area contributed by atoms with Crippen molar-refractivity contribution in [2.24, 2.45) is 5.41 Å². The third kappa shape index (κ3) is 5.03. The molecule has 0 bridgehead atoms. The van der Waals surface area contributed by atoms with Gasteiger partial charge in [0.25, 0.3) is 0 Å². The molecule has 186 valence electrons. The van der Waals surface area contributed by atoms with E-state index in [2.05, 4.69) is 63.4 Å². The van der Waals surface area contributed by atoms with Crippen molar-refractivity contribution < 1.29 is 14.0 Å². The van der Waals surface area contributed by atoms with Crippen LogP contribution in [0.1, 0.15) is 26.5 Å². The average Bonchev–Trinajstić information content (AvgIpc) is 3.43. The van der Waals surface area contributed by atoms with Crippen molar-refractivity contribution in [2.45, 2.75) is 33.9 Å². The Morgan fingerprint density at radius 3 is 2.63 bits per heavy atom. The summed E-state index contributed by atoms with van der Waals surface area (Å²) in [5.41, 5.74) is 4.45. The number of piperazine rings is 1. The van der Waals surface area contributed by atoms with Gasteiger partial charge in [-0.25, -0.2) is 4.39 Å². The van der Waals surface area contributed by atoms with Gasteiger partial charge in [0.2, 0.25) is 0 Å². The standard InChI is InChI=1S/C25H32FN7O2/c1-15-12-16-17(27-15)6-7-18(23(16)26)34-24-29-20(28-21-13-19(35-31-21)25(2,3)4)14-22(30-24)33-10-8-32(5)9-11-33/h6-7,12-14,21,27,31H,8-11H2,1-5H3,(H,28,29,30). The highest BCUT2D eigenvalue weighted by Gasteiger charge is 2.27. The molecule has 35 heavy (non-hydrogen) atoms. The predicted octanol–water partition coefficient (Wildman–Crippen LogP) is 4.15. The highest BCUT2D eigenvalue weighted by Crippen LogP contribution is 2.32. The van der Waals surface area contributed by atoms with Gasteiger partial charge in [-0.1, -0.05) is 20.8 Å². The van der Waals surface area contributed by atoms with Gasteiger partial charge in [0, 0.05) is 54.3 Å². The number of halogens is 1. The summed E-state index contributed by atoms with van der Waals surface area (Å²) in [6, 6.07) is 7.11. The molecule has 0 saturated carbocycles. The smallest absolute Gasteiger partial charge is 0.326 e. The fourth-order valence-corrected chi connectivity index (χ4v) is 4.18. The molecule has 3 aromatic rings. The van der Waals surface area contributed by atoms with Crippen LogP contribution in [-0.4, -0.2) is 59.2 Å². The first kappa shape index (κ1) is 23.4. The van der Waals surface area contributed by atoms with Crippen molar-refractivity contribution in [2.75, 3.05) is 43.4 Å². The number of aromatic amines is 1. The molecule has 1 aromatic carbocycles. The van der Waals surface area contributed by atoms with E-state index in [1.807, 2.05) is 19.1 Å². The molecular weight excluding hydrogens is 449 g/mol. The second-order valence-corrected chi connectivity index (χ2v) is 10.2. The van der Waals surface area contributed by atoms with Crippen molar-refractivity contribution in [3.05, 3.63) is 47.6 Å². The number of nitrogens with zero attached hydrogens (tertiary/aromatic N) is 4. The van der Waals surface area contributed by atoms with E-state index in [9.17, 15) is 0 Å². The highest BCUT2D eigenvalue weighted by molar-refractivity contribution is 5.82. The maximum atomic E-state index is 15.2. The number of likely N-dealkylation sites (N-methyl/N-ethyl adjacent to an activating group) is 1. The maximum absolute atomic E-state index is 15.2. The lowest BCUT2D eigenvalue weighted by molar-refractivity contribution is 0.0837. The third-order valence-electron chi connectivity index (χ3n) is 6.21. The van der Waals surface area contributed by atoms with Gasteiger partial charge < -0.3 is 29.7 Å². The van der Waals surface area contributed by atoms with Crippen LogP contribution in [0.3, 0.4) is 0 Å². The van der Waals surface area contributed by atoms with Crippen LogP contribution in [0.5, 0.6) is 11.8 Å². The molecule has 1 atom stereocenters. The highest BCUT2D eigenvalue weighted by atomic mass is 19.1. The Bertz CT molecular complexity index is 1260. The Hall–Kier alpha value is -3.37. The van der Waals surface area contributed by atoms with E-state index in [1.54, 1.807) is 18.2 Å². The summed E-state index contributed by atoms with van der Waals surface area (Å²) in [6.07, 6.45) is 1.71. The van der Waals surface area contributed by atoms with Crippen LogP contribution < -0.4 is 20.4 Å². The van der Waals surface area contributed by atoms with Crippen molar-refractivity contribution in [3.8, 4) is 11.8 Å². The van der Waals surface area contributed by atoms with Crippen LogP contribution >= 0.6 is 0 Å². The number of benzene rings is 1. The minimum atomic E-state index is -0.446. The molecule has 1 fully saturated rings. The molecule has 1 saturated heterocycles. The Labute approximate surface area is 204 Å². The molecule has 0 radical (unpaired) electrons. The number of fused-ring (bicyclic) bond motifs is 1. The molecular formula is C25H32FN7O2. The molecule has 4 heterocycles. The van der Waals surface area contributed by atoms with E-state index < -0.39 is 5.82 Å². The number of allylic oxidation sites excluding steroid dienone is 1. The summed E-state index contributed by atoms with van der Waals surface area (Å²) in [5, 5.41) is 3.80. The van der Waals surface area contributed by atoms with Gasteiger partial charge in [0.15, 0.2) is 11.6 Å². The van der Waals surface area contributed by atoms with E-state index in [0.717, 1.165) is 49.0 Å². The van der Waals surface area contributed by atoms with Gasteiger partial charge >= 0.3 is 6.01 Å². The summed E-state index contributed by atoms with van der Waals surface area (Å²) >= 11 is 0. The molecule has 2 aliphatic rings. The van der Waals surface area contributed by atoms with Crippen LogP contribution in [0.15, 0.2) is 36.1 Å². The maximum Gasteiger partial charge on any atom is 0.326 e. The first-order valence-electron chi connectivity index (χ1n) is 11.9. The monoisotopic (exact) mass is 481 g/mol. The molecule has 5 rings (SSSR count). The molecule has 2 aromatic heterocycles. The number of hydroxylamine groups is 1. The van der Waals surface area contributed by atoms with Gasteiger partial charge in [-0.05, 0) is 38.2 Å². The van der Waals surface area contributed by atoms with Gasteiger partial charge in [0.1, 0.15) is 23.6 Å². The second-order valence-electron chi connectivity index (χ2n) is 10.2. The normalized spacial score (nSPS) is 19.1. The molecule has 0 amide bonds. The summed E-state index contributed by atoms with van der Waals surface area (Å²) < 4.78 is 21.1. The van der Waals surface area contributed by atoms with Gasteiger partial charge in [-0.2, -0.15) is 9.97 Å². The van der Waals surface area contributed by atoms with Crippen LogP contribution in [0.4, 0.5) is 16.0 Å². The SMILES string of the molecule is Cc1cc2c(F)c(Oc3nc(NC4C=C(C(C)(C)C)ON4)cc(N4CCN(C)CC4)n3)ccc2[nH]1. The van der Waals surface area contributed by atoms with Crippen LogP contribution in [0.25, 0.3) is 10.9 Å². The van der Waals surface area contributed by atoms with Crippen molar-refractivity contribution >= 4 is 22.5 Å². The molecule has 0 spiro atoms.